The summed E-state index contributed by atoms with van der Waals surface area (Å²) in [6.07, 6.45) is 3.18. The van der Waals surface area contributed by atoms with Crippen LogP contribution in [0.15, 0.2) is 24.4 Å². The molecule has 2 aromatic rings. The van der Waals surface area contributed by atoms with E-state index in [1.807, 2.05) is 29.9 Å². The van der Waals surface area contributed by atoms with Crippen molar-refractivity contribution in [2.45, 2.75) is 19.9 Å². The zero-order valence-corrected chi connectivity index (χ0v) is 11.8. The van der Waals surface area contributed by atoms with E-state index >= 15 is 0 Å². The normalized spacial score (nSPS) is 12.9. The van der Waals surface area contributed by atoms with E-state index in [0.717, 1.165) is 42.3 Å². The minimum absolute atomic E-state index is 0.298. The first-order chi connectivity index (χ1) is 9.78. The zero-order chi connectivity index (χ0) is 13.9. The number of aryl methyl sites for hydroxylation is 1. The molecular formula is C15H19N3O2. The molecule has 0 radical (unpaired) electrons. The van der Waals surface area contributed by atoms with Crippen LogP contribution in [0.25, 0.3) is 11.3 Å². The molecule has 1 aromatic carbocycles. The second kappa shape index (κ2) is 5.54. The smallest absolute Gasteiger partial charge is 0.231 e. The number of nitrogens with zero attached hydrogens (tertiary/aromatic N) is 2. The van der Waals surface area contributed by atoms with Gasteiger partial charge in [-0.1, -0.05) is 6.92 Å². The lowest BCUT2D eigenvalue weighted by atomic mass is 10.1. The van der Waals surface area contributed by atoms with Crippen molar-refractivity contribution in [2.75, 3.05) is 13.3 Å². The number of aromatic nitrogens is 2. The molecule has 1 aromatic heterocycles. The SMILES string of the molecule is CCCNCc1cn(C)nc1-c1ccc2c(c1)OCO2. The molecular weight excluding hydrogens is 254 g/mol. The van der Waals surface area contributed by atoms with Crippen molar-refractivity contribution < 1.29 is 9.47 Å². The van der Waals surface area contributed by atoms with E-state index in [1.54, 1.807) is 0 Å². The second-order valence-corrected chi connectivity index (χ2v) is 4.92. The van der Waals surface area contributed by atoms with Crippen LogP contribution in [-0.2, 0) is 13.6 Å². The van der Waals surface area contributed by atoms with E-state index in [0.29, 0.717) is 6.79 Å². The molecule has 0 bridgehead atoms. The summed E-state index contributed by atoms with van der Waals surface area (Å²) in [6.45, 7) is 4.29. The zero-order valence-electron chi connectivity index (χ0n) is 11.8. The van der Waals surface area contributed by atoms with Gasteiger partial charge in [-0.15, -0.1) is 0 Å². The summed E-state index contributed by atoms with van der Waals surface area (Å²) >= 11 is 0. The fraction of sp³-hybridized carbons (Fsp3) is 0.400. The molecule has 5 nitrogen and oxygen atoms in total. The van der Waals surface area contributed by atoms with Crippen LogP contribution in [0.1, 0.15) is 18.9 Å². The average Bonchev–Trinajstić information content (AvgIpc) is 3.04. The molecule has 0 unspecified atom stereocenters. The summed E-state index contributed by atoms with van der Waals surface area (Å²) in [4.78, 5) is 0. The van der Waals surface area contributed by atoms with Gasteiger partial charge in [-0.05, 0) is 31.2 Å². The van der Waals surface area contributed by atoms with Crippen LogP contribution in [-0.4, -0.2) is 23.1 Å². The summed E-state index contributed by atoms with van der Waals surface area (Å²) in [5, 5.41) is 7.98. The lowest BCUT2D eigenvalue weighted by molar-refractivity contribution is 0.174. The maximum Gasteiger partial charge on any atom is 0.231 e. The molecule has 20 heavy (non-hydrogen) atoms. The number of benzene rings is 1. The standard InChI is InChI=1S/C15H19N3O2/c1-3-6-16-8-12-9-18(2)17-15(12)11-4-5-13-14(7-11)20-10-19-13/h4-5,7,9,16H,3,6,8,10H2,1-2H3. The van der Waals surface area contributed by atoms with Gasteiger partial charge in [-0.25, -0.2) is 0 Å². The molecule has 0 saturated heterocycles. The fourth-order valence-electron chi connectivity index (χ4n) is 2.35. The number of hydrogen-bond acceptors (Lipinski definition) is 4. The molecule has 106 valence electrons. The molecule has 2 heterocycles. The van der Waals surface area contributed by atoms with Crippen molar-refractivity contribution in [3.8, 4) is 22.8 Å². The first kappa shape index (κ1) is 13.0. The summed E-state index contributed by atoms with van der Waals surface area (Å²) in [5.41, 5.74) is 3.25. The molecule has 0 amide bonds. The van der Waals surface area contributed by atoms with Gasteiger partial charge in [0.1, 0.15) is 0 Å². The lowest BCUT2D eigenvalue weighted by Crippen LogP contribution is -2.13. The molecule has 3 rings (SSSR count). The highest BCUT2D eigenvalue weighted by Gasteiger charge is 2.16. The van der Waals surface area contributed by atoms with Crippen molar-refractivity contribution in [1.82, 2.24) is 15.1 Å². The molecule has 1 N–H and O–H groups in total. The molecule has 0 fully saturated rings. The molecule has 0 atom stereocenters. The minimum atomic E-state index is 0.298. The van der Waals surface area contributed by atoms with Gasteiger partial charge in [0.15, 0.2) is 11.5 Å². The molecule has 1 aliphatic rings. The topological polar surface area (TPSA) is 48.3 Å². The van der Waals surface area contributed by atoms with Crippen molar-refractivity contribution in [1.29, 1.82) is 0 Å². The molecule has 1 aliphatic heterocycles. The highest BCUT2D eigenvalue weighted by molar-refractivity contribution is 5.67. The Hall–Kier alpha value is -2.01. The Balaban J connectivity index is 1.89. The maximum atomic E-state index is 5.43. The fourth-order valence-corrected chi connectivity index (χ4v) is 2.35. The van der Waals surface area contributed by atoms with Gasteiger partial charge >= 0.3 is 0 Å². The van der Waals surface area contributed by atoms with Gasteiger partial charge in [-0.3, -0.25) is 4.68 Å². The Bertz CT molecular complexity index is 607. The van der Waals surface area contributed by atoms with Gasteiger partial charge in [0.2, 0.25) is 6.79 Å². The highest BCUT2D eigenvalue weighted by atomic mass is 16.7. The third-order valence-corrected chi connectivity index (χ3v) is 3.29. The second-order valence-electron chi connectivity index (χ2n) is 4.92. The van der Waals surface area contributed by atoms with E-state index in [2.05, 4.69) is 23.5 Å². The van der Waals surface area contributed by atoms with Crippen LogP contribution < -0.4 is 14.8 Å². The Kier molecular flexibility index (Phi) is 3.60. The highest BCUT2D eigenvalue weighted by Crippen LogP contribution is 2.36. The largest absolute Gasteiger partial charge is 0.454 e. The van der Waals surface area contributed by atoms with E-state index < -0.39 is 0 Å². The summed E-state index contributed by atoms with van der Waals surface area (Å²) in [6, 6.07) is 5.96. The summed E-state index contributed by atoms with van der Waals surface area (Å²) in [7, 11) is 1.94. The quantitative estimate of drug-likeness (QED) is 0.849. The third-order valence-electron chi connectivity index (χ3n) is 3.29. The number of ether oxygens (including phenoxy) is 2. The number of fused-ring (bicyclic) bond motifs is 1. The van der Waals surface area contributed by atoms with E-state index in [4.69, 9.17) is 9.47 Å². The van der Waals surface area contributed by atoms with Crippen molar-refractivity contribution in [3.63, 3.8) is 0 Å². The van der Waals surface area contributed by atoms with E-state index in [-0.39, 0.29) is 0 Å². The Morgan fingerprint density at radius 3 is 3.00 bits per heavy atom. The molecule has 0 spiro atoms. The van der Waals surface area contributed by atoms with Gasteiger partial charge in [0, 0.05) is 30.9 Å². The third kappa shape index (κ3) is 2.49. The van der Waals surface area contributed by atoms with Crippen molar-refractivity contribution >= 4 is 0 Å². The Labute approximate surface area is 118 Å². The van der Waals surface area contributed by atoms with E-state index in [1.165, 1.54) is 5.56 Å². The van der Waals surface area contributed by atoms with Crippen LogP contribution in [0.3, 0.4) is 0 Å². The summed E-state index contributed by atoms with van der Waals surface area (Å²) < 4.78 is 12.6. The Morgan fingerprint density at radius 2 is 2.15 bits per heavy atom. The van der Waals surface area contributed by atoms with Gasteiger partial charge in [-0.2, -0.15) is 5.10 Å². The van der Waals surface area contributed by atoms with Crippen LogP contribution >= 0.6 is 0 Å². The number of nitrogens with one attached hydrogen (secondary N) is 1. The van der Waals surface area contributed by atoms with Crippen molar-refractivity contribution in [3.05, 3.63) is 30.0 Å². The average molecular weight is 273 g/mol. The predicted molar refractivity (Wildman–Crippen MR) is 76.8 cm³/mol. The van der Waals surface area contributed by atoms with Gasteiger partial charge < -0.3 is 14.8 Å². The number of rotatable bonds is 5. The first-order valence-corrected chi connectivity index (χ1v) is 6.91. The summed E-state index contributed by atoms with van der Waals surface area (Å²) in [5.74, 6) is 1.59. The predicted octanol–water partition coefficient (Wildman–Crippen LogP) is 2.32. The monoisotopic (exact) mass is 273 g/mol. The van der Waals surface area contributed by atoms with E-state index in [9.17, 15) is 0 Å². The molecule has 5 heteroatoms. The van der Waals surface area contributed by atoms with Gasteiger partial charge in [0.05, 0.1) is 5.69 Å². The lowest BCUT2D eigenvalue weighted by Gasteiger charge is -2.05. The van der Waals surface area contributed by atoms with Gasteiger partial charge in [0.25, 0.3) is 0 Å². The first-order valence-electron chi connectivity index (χ1n) is 6.91. The molecule has 0 saturated carbocycles. The van der Waals surface area contributed by atoms with Crippen LogP contribution in [0, 0.1) is 0 Å². The van der Waals surface area contributed by atoms with Crippen LogP contribution in [0.4, 0.5) is 0 Å². The number of hydrogen-bond donors (Lipinski definition) is 1. The minimum Gasteiger partial charge on any atom is -0.454 e. The van der Waals surface area contributed by atoms with Crippen LogP contribution in [0.5, 0.6) is 11.5 Å². The molecule has 0 aliphatic carbocycles. The van der Waals surface area contributed by atoms with Crippen molar-refractivity contribution in [2.24, 2.45) is 7.05 Å². The van der Waals surface area contributed by atoms with Crippen LogP contribution in [0.2, 0.25) is 0 Å². The maximum absolute atomic E-state index is 5.43. The Morgan fingerprint density at radius 1 is 1.30 bits per heavy atom.